The molecule has 0 aliphatic rings. The SMILES string of the molecule is Cc1ccnc(N(C)Cc2ccccn2)c1Br. The Morgan fingerprint density at radius 3 is 2.71 bits per heavy atom. The number of aromatic nitrogens is 2. The summed E-state index contributed by atoms with van der Waals surface area (Å²) < 4.78 is 1.04. The topological polar surface area (TPSA) is 29.0 Å². The first-order valence-corrected chi connectivity index (χ1v) is 6.20. The zero-order valence-corrected chi connectivity index (χ0v) is 11.5. The number of hydrogen-bond donors (Lipinski definition) is 0. The van der Waals surface area contributed by atoms with Gasteiger partial charge in [0.05, 0.1) is 16.7 Å². The van der Waals surface area contributed by atoms with Crippen molar-refractivity contribution in [1.29, 1.82) is 0 Å². The molecule has 0 unspecified atom stereocenters. The van der Waals surface area contributed by atoms with E-state index in [0.717, 1.165) is 22.5 Å². The van der Waals surface area contributed by atoms with E-state index in [1.165, 1.54) is 5.56 Å². The van der Waals surface area contributed by atoms with Crippen molar-refractivity contribution >= 4 is 21.7 Å². The lowest BCUT2D eigenvalue weighted by atomic mass is 10.3. The van der Waals surface area contributed by atoms with Crippen molar-refractivity contribution < 1.29 is 0 Å². The number of rotatable bonds is 3. The first-order valence-electron chi connectivity index (χ1n) is 5.40. The van der Waals surface area contributed by atoms with Crippen LogP contribution < -0.4 is 4.90 Å². The number of halogens is 1. The molecule has 0 aliphatic heterocycles. The van der Waals surface area contributed by atoms with Gasteiger partial charge in [-0.3, -0.25) is 4.98 Å². The first-order chi connectivity index (χ1) is 8.18. The van der Waals surface area contributed by atoms with E-state index in [-0.39, 0.29) is 0 Å². The molecular weight excluding hydrogens is 278 g/mol. The number of aryl methyl sites for hydroxylation is 1. The first kappa shape index (κ1) is 12.0. The number of anilines is 1. The molecule has 0 aliphatic carbocycles. The lowest BCUT2D eigenvalue weighted by Gasteiger charge is -2.19. The Kier molecular flexibility index (Phi) is 3.74. The van der Waals surface area contributed by atoms with Gasteiger partial charge < -0.3 is 4.90 Å². The van der Waals surface area contributed by atoms with Gasteiger partial charge in [0.1, 0.15) is 5.82 Å². The minimum atomic E-state index is 0.746. The molecule has 2 aromatic rings. The van der Waals surface area contributed by atoms with Crippen LogP contribution in [0.4, 0.5) is 5.82 Å². The highest BCUT2D eigenvalue weighted by Gasteiger charge is 2.09. The normalized spacial score (nSPS) is 10.3. The van der Waals surface area contributed by atoms with Crippen LogP contribution in [0.2, 0.25) is 0 Å². The maximum atomic E-state index is 4.39. The van der Waals surface area contributed by atoms with Gasteiger partial charge in [-0.25, -0.2) is 4.98 Å². The highest BCUT2D eigenvalue weighted by Crippen LogP contribution is 2.26. The molecule has 0 spiro atoms. The maximum Gasteiger partial charge on any atom is 0.143 e. The van der Waals surface area contributed by atoms with Crippen LogP contribution in [0.25, 0.3) is 0 Å². The molecule has 17 heavy (non-hydrogen) atoms. The third kappa shape index (κ3) is 2.82. The highest BCUT2D eigenvalue weighted by atomic mass is 79.9. The predicted molar refractivity (Wildman–Crippen MR) is 73.0 cm³/mol. The third-order valence-electron chi connectivity index (χ3n) is 2.55. The van der Waals surface area contributed by atoms with E-state index >= 15 is 0 Å². The van der Waals surface area contributed by atoms with Crippen molar-refractivity contribution in [2.45, 2.75) is 13.5 Å². The number of hydrogen-bond acceptors (Lipinski definition) is 3. The molecule has 0 amide bonds. The fourth-order valence-corrected chi connectivity index (χ4v) is 2.14. The van der Waals surface area contributed by atoms with Crippen molar-refractivity contribution in [2.75, 3.05) is 11.9 Å². The zero-order valence-electron chi connectivity index (χ0n) is 9.89. The maximum absolute atomic E-state index is 4.39. The fraction of sp³-hybridized carbons (Fsp3) is 0.231. The molecule has 2 aromatic heterocycles. The van der Waals surface area contributed by atoms with Crippen molar-refractivity contribution in [2.24, 2.45) is 0 Å². The van der Waals surface area contributed by atoms with Gasteiger partial charge in [-0.15, -0.1) is 0 Å². The molecule has 0 radical (unpaired) electrons. The van der Waals surface area contributed by atoms with E-state index in [0.29, 0.717) is 0 Å². The Labute approximate surface area is 110 Å². The molecule has 88 valence electrons. The van der Waals surface area contributed by atoms with Crippen molar-refractivity contribution in [3.63, 3.8) is 0 Å². The second-order valence-electron chi connectivity index (χ2n) is 3.94. The van der Waals surface area contributed by atoms with Crippen LogP contribution >= 0.6 is 15.9 Å². The third-order valence-corrected chi connectivity index (χ3v) is 3.53. The monoisotopic (exact) mass is 291 g/mol. The summed E-state index contributed by atoms with van der Waals surface area (Å²) >= 11 is 3.57. The van der Waals surface area contributed by atoms with Gasteiger partial charge in [-0.2, -0.15) is 0 Å². The molecule has 2 heterocycles. The summed E-state index contributed by atoms with van der Waals surface area (Å²) in [5.41, 5.74) is 2.22. The summed E-state index contributed by atoms with van der Waals surface area (Å²) in [6.45, 7) is 2.81. The molecule has 0 bridgehead atoms. The Bertz CT molecular complexity index is 499. The molecule has 0 N–H and O–H groups in total. The minimum absolute atomic E-state index is 0.746. The van der Waals surface area contributed by atoms with Gasteiger partial charge in [0.2, 0.25) is 0 Å². The molecule has 2 rings (SSSR count). The van der Waals surface area contributed by atoms with Crippen LogP contribution in [-0.4, -0.2) is 17.0 Å². The minimum Gasteiger partial charge on any atom is -0.353 e. The summed E-state index contributed by atoms with van der Waals surface area (Å²) in [6.07, 6.45) is 3.63. The number of pyridine rings is 2. The fourth-order valence-electron chi connectivity index (χ4n) is 1.60. The van der Waals surface area contributed by atoms with Crippen LogP contribution in [0.15, 0.2) is 41.1 Å². The van der Waals surface area contributed by atoms with Gasteiger partial charge >= 0.3 is 0 Å². The van der Waals surface area contributed by atoms with E-state index in [1.807, 2.05) is 43.7 Å². The van der Waals surface area contributed by atoms with Gasteiger partial charge in [0.25, 0.3) is 0 Å². The molecular formula is C13H14BrN3. The smallest absolute Gasteiger partial charge is 0.143 e. The average molecular weight is 292 g/mol. The predicted octanol–water partition coefficient (Wildman–Crippen LogP) is 3.18. The Balaban J connectivity index is 2.20. The van der Waals surface area contributed by atoms with Gasteiger partial charge in [0.15, 0.2) is 0 Å². The summed E-state index contributed by atoms with van der Waals surface area (Å²) in [5, 5.41) is 0. The Morgan fingerprint density at radius 2 is 2.00 bits per heavy atom. The van der Waals surface area contributed by atoms with Crippen molar-refractivity contribution in [1.82, 2.24) is 9.97 Å². The van der Waals surface area contributed by atoms with Crippen LogP contribution in [0.5, 0.6) is 0 Å². The standard InChI is InChI=1S/C13H14BrN3/c1-10-6-8-16-13(12(10)14)17(2)9-11-5-3-4-7-15-11/h3-8H,9H2,1-2H3. The molecule has 0 aromatic carbocycles. The molecule has 0 saturated carbocycles. The van der Waals surface area contributed by atoms with Gasteiger partial charge in [0, 0.05) is 19.4 Å². The van der Waals surface area contributed by atoms with E-state index in [9.17, 15) is 0 Å². The van der Waals surface area contributed by atoms with E-state index < -0.39 is 0 Å². The Morgan fingerprint density at radius 1 is 1.18 bits per heavy atom. The largest absolute Gasteiger partial charge is 0.353 e. The van der Waals surface area contributed by atoms with E-state index in [2.05, 4.69) is 37.7 Å². The number of nitrogens with zero attached hydrogens (tertiary/aromatic N) is 3. The molecule has 0 saturated heterocycles. The summed E-state index contributed by atoms with van der Waals surface area (Å²) in [6, 6.07) is 7.92. The van der Waals surface area contributed by atoms with Gasteiger partial charge in [-0.1, -0.05) is 6.07 Å². The van der Waals surface area contributed by atoms with Crippen molar-refractivity contribution in [3.8, 4) is 0 Å². The molecule has 4 heteroatoms. The van der Waals surface area contributed by atoms with Crippen LogP contribution in [0.1, 0.15) is 11.3 Å². The zero-order chi connectivity index (χ0) is 12.3. The van der Waals surface area contributed by atoms with E-state index in [4.69, 9.17) is 0 Å². The van der Waals surface area contributed by atoms with Crippen LogP contribution in [0, 0.1) is 6.92 Å². The summed E-state index contributed by atoms with van der Waals surface area (Å²) in [7, 11) is 2.02. The van der Waals surface area contributed by atoms with Crippen LogP contribution in [0.3, 0.4) is 0 Å². The second-order valence-corrected chi connectivity index (χ2v) is 4.74. The highest BCUT2D eigenvalue weighted by molar-refractivity contribution is 9.10. The molecule has 0 fully saturated rings. The second kappa shape index (κ2) is 5.27. The molecule has 3 nitrogen and oxygen atoms in total. The quantitative estimate of drug-likeness (QED) is 0.870. The Hall–Kier alpha value is -1.42. The lowest BCUT2D eigenvalue weighted by molar-refractivity contribution is 0.861. The van der Waals surface area contributed by atoms with Crippen molar-refractivity contribution in [3.05, 3.63) is 52.4 Å². The average Bonchev–Trinajstić information content (AvgIpc) is 2.34. The lowest BCUT2D eigenvalue weighted by Crippen LogP contribution is -2.19. The summed E-state index contributed by atoms with van der Waals surface area (Å²) in [4.78, 5) is 10.8. The molecule has 0 atom stereocenters. The van der Waals surface area contributed by atoms with E-state index in [1.54, 1.807) is 0 Å². The van der Waals surface area contributed by atoms with Crippen LogP contribution in [-0.2, 0) is 6.54 Å². The summed E-state index contributed by atoms with van der Waals surface area (Å²) in [5.74, 6) is 0.940. The van der Waals surface area contributed by atoms with Gasteiger partial charge in [-0.05, 0) is 46.6 Å².